The average Bonchev–Trinajstić information content (AvgIpc) is 2.82. The van der Waals surface area contributed by atoms with E-state index < -0.39 is 0 Å². The first-order chi connectivity index (χ1) is 8.92. The Kier molecular flexibility index (Phi) is 3.62. The predicted molar refractivity (Wildman–Crippen MR) is 75.7 cm³/mol. The molecule has 0 spiro atoms. The highest BCUT2D eigenvalue weighted by atomic mass is 32.2. The van der Waals surface area contributed by atoms with Crippen molar-refractivity contribution in [2.75, 3.05) is 6.54 Å². The van der Waals surface area contributed by atoms with E-state index in [4.69, 9.17) is 0 Å². The SMILES string of the molecule is c1ccc(CNCC2Cc3ccccc3S2)nc1. The third-order valence-electron chi connectivity index (χ3n) is 3.12. The minimum Gasteiger partial charge on any atom is -0.310 e. The van der Waals surface area contributed by atoms with E-state index in [0.717, 1.165) is 18.8 Å². The second-order valence-electron chi connectivity index (χ2n) is 4.50. The van der Waals surface area contributed by atoms with Crippen molar-refractivity contribution in [2.45, 2.75) is 23.1 Å². The summed E-state index contributed by atoms with van der Waals surface area (Å²) in [5, 5.41) is 4.15. The highest BCUT2D eigenvalue weighted by molar-refractivity contribution is 8.00. The molecular weight excluding hydrogens is 240 g/mol. The first-order valence-corrected chi connectivity index (χ1v) is 7.15. The van der Waals surface area contributed by atoms with Crippen LogP contribution in [0.15, 0.2) is 53.6 Å². The number of hydrogen-bond donors (Lipinski definition) is 1. The Labute approximate surface area is 112 Å². The Balaban J connectivity index is 1.49. The van der Waals surface area contributed by atoms with Gasteiger partial charge in [-0.3, -0.25) is 4.98 Å². The van der Waals surface area contributed by atoms with E-state index in [0.29, 0.717) is 5.25 Å². The molecule has 2 aromatic rings. The quantitative estimate of drug-likeness (QED) is 0.910. The highest BCUT2D eigenvalue weighted by Gasteiger charge is 2.20. The van der Waals surface area contributed by atoms with Crippen LogP contribution < -0.4 is 5.32 Å². The fraction of sp³-hybridized carbons (Fsp3) is 0.267. The van der Waals surface area contributed by atoms with E-state index in [1.807, 2.05) is 30.1 Å². The van der Waals surface area contributed by atoms with Crippen molar-refractivity contribution in [2.24, 2.45) is 0 Å². The van der Waals surface area contributed by atoms with Crippen molar-refractivity contribution in [3.8, 4) is 0 Å². The fourth-order valence-electron chi connectivity index (χ4n) is 2.23. The predicted octanol–water partition coefficient (Wildman–Crippen LogP) is 2.89. The van der Waals surface area contributed by atoms with Crippen molar-refractivity contribution >= 4 is 11.8 Å². The standard InChI is InChI=1S/C15H16N2S/c1-2-7-15-12(5-1)9-14(18-15)11-16-10-13-6-3-4-8-17-13/h1-8,14,16H,9-11H2. The Bertz CT molecular complexity index is 488. The molecule has 0 saturated heterocycles. The third kappa shape index (κ3) is 2.74. The molecule has 92 valence electrons. The third-order valence-corrected chi connectivity index (χ3v) is 4.44. The summed E-state index contributed by atoms with van der Waals surface area (Å²) < 4.78 is 0. The molecule has 3 rings (SSSR count). The molecule has 0 bridgehead atoms. The molecule has 0 saturated carbocycles. The Morgan fingerprint density at radius 2 is 2.06 bits per heavy atom. The molecule has 1 aromatic heterocycles. The monoisotopic (exact) mass is 256 g/mol. The molecule has 1 aromatic carbocycles. The lowest BCUT2D eigenvalue weighted by Gasteiger charge is -2.09. The number of benzene rings is 1. The van der Waals surface area contributed by atoms with E-state index in [9.17, 15) is 0 Å². The first-order valence-electron chi connectivity index (χ1n) is 6.27. The van der Waals surface area contributed by atoms with Crippen LogP contribution in [0.1, 0.15) is 11.3 Å². The van der Waals surface area contributed by atoms with Crippen LogP contribution in [0.4, 0.5) is 0 Å². The molecule has 0 aliphatic carbocycles. The van der Waals surface area contributed by atoms with Crippen molar-refractivity contribution < 1.29 is 0 Å². The van der Waals surface area contributed by atoms with E-state index in [2.05, 4.69) is 40.6 Å². The maximum absolute atomic E-state index is 4.31. The summed E-state index contributed by atoms with van der Waals surface area (Å²) >= 11 is 1.99. The van der Waals surface area contributed by atoms with Gasteiger partial charge in [-0.15, -0.1) is 11.8 Å². The van der Waals surface area contributed by atoms with Crippen molar-refractivity contribution in [1.82, 2.24) is 10.3 Å². The second kappa shape index (κ2) is 5.55. The Morgan fingerprint density at radius 3 is 2.89 bits per heavy atom. The number of pyridine rings is 1. The minimum absolute atomic E-state index is 0.658. The summed E-state index contributed by atoms with van der Waals surface area (Å²) in [6, 6.07) is 14.7. The van der Waals surface area contributed by atoms with Gasteiger partial charge in [-0.25, -0.2) is 0 Å². The zero-order valence-corrected chi connectivity index (χ0v) is 11.0. The fourth-order valence-corrected chi connectivity index (χ4v) is 3.51. The number of fused-ring (bicyclic) bond motifs is 1. The van der Waals surface area contributed by atoms with Crippen LogP contribution in [0.25, 0.3) is 0 Å². The molecule has 1 aliphatic heterocycles. The van der Waals surface area contributed by atoms with Gasteiger partial charge in [0, 0.05) is 29.4 Å². The van der Waals surface area contributed by atoms with Gasteiger partial charge in [0.1, 0.15) is 0 Å². The minimum atomic E-state index is 0.658. The van der Waals surface area contributed by atoms with Gasteiger partial charge in [0.25, 0.3) is 0 Å². The maximum Gasteiger partial charge on any atom is 0.0541 e. The molecule has 0 amide bonds. The number of thioether (sulfide) groups is 1. The highest BCUT2D eigenvalue weighted by Crippen LogP contribution is 2.36. The van der Waals surface area contributed by atoms with Gasteiger partial charge in [-0.05, 0) is 30.2 Å². The number of nitrogens with one attached hydrogen (secondary N) is 1. The van der Waals surface area contributed by atoms with E-state index in [-0.39, 0.29) is 0 Å². The molecule has 1 aliphatic rings. The Morgan fingerprint density at radius 1 is 1.17 bits per heavy atom. The van der Waals surface area contributed by atoms with Crippen LogP contribution in [0.3, 0.4) is 0 Å². The van der Waals surface area contributed by atoms with E-state index >= 15 is 0 Å². The van der Waals surface area contributed by atoms with Gasteiger partial charge < -0.3 is 5.32 Å². The normalized spacial score (nSPS) is 17.7. The molecule has 18 heavy (non-hydrogen) atoms. The lowest BCUT2D eigenvalue weighted by Crippen LogP contribution is -2.24. The second-order valence-corrected chi connectivity index (χ2v) is 5.85. The average molecular weight is 256 g/mol. The van der Waals surface area contributed by atoms with Gasteiger partial charge in [0.05, 0.1) is 5.69 Å². The van der Waals surface area contributed by atoms with Crippen LogP contribution in [0, 0.1) is 0 Å². The Hall–Kier alpha value is -1.32. The molecule has 0 fully saturated rings. The molecule has 1 atom stereocenters. The summed E-state index contributed by atoms with van der Waals surface area (Å²) in [5.41, 5.74) is 2.60. The van der Waals surface area contributed by atoms with Crippen LogP contribution in [-0.4, -0.2) is 16.8 Å². The molecule has 2 heterocycles. The summed E-state index contributed by atoms with van der Waals surface area (Å²) in [7, 11) is 0. The van der Waals surface area contributed by atoms with E-state index in [1.54, 1.807) is 0 Å². The van der Waals surface area contributed by atoms with Crippen LogP contribution in [0.2, 0.25) is 0 Å². The topological polar surface area (TPSA) is 24.9 Å². The number of hydrogen-bond acceptors (Lipinski definition) is 3. The summed E-state index contributed by atoms with van der Waals surface area (Å²) in [5.74, 6) is 0. The van der Waals surface area contributed by atoms with Gasteiger partial charge in [0.2, 0.25) is 0 Å². The van der Waals surface area contributed by atoms with Crippen LogP contribution >= 0.6 is 11.8 Å². The molecule has 0 radical (unpaired) electrons. The number of rotatable bonds is 4. The largest absolute Gasteiger partial charge is 0.310 e. The van der Waals surface area contributed by atoms with E-state index in [1.165, 1.54) is 16.9 Å². The molecule has 1 unspecified atom stereocenters. The summed E-state index contributed by atoms with van der Waals surface area (Å²) in [6.45, 7) is 1.89. The lowest BCUT2D eigenvalue weighted by molar-refractivity contribution is 0.655. The summed E-state index contributed by atoms with van der Waals surface area (Å²) in [6.07, 6.45) is 3.02. The number of nitrogens with zero attached hydrogens (tertiary/aromatic N) is 1. The van der Waals surface area contributed by atoms with Gasteiger partial charge in [0.15, 0.2) is 0 Å². The van der Waals surface area contributed by atoms with Gasteiger partial charge in [-0.1, -0.05) is 24.3 Å². The molecule has 3 heteroatoms. The first kappa shape index (κ1) is 11.8. The zero-order valence-electron chi connectivity index (χ0n) is 10.2. The number of aromatic nitrogens is 1. The smallest absolute Gasteiger partial charge is 0.0541 e. The van der Waals surface area contributed by atoms with Gasteiger partial charge >= 0.3 is 0 Å². The molecular formula is C15H16N2S. The van der Waals surface area contributed by atoms with Crippen molar-refractivity contribution in [3.63, 3.8) is 0 Å². The molecule has 2 nitrogen and oxygen atoms in total. The van der Waals surface area contributed by atoms with Crippen molar-refractivity contribution in [1.29, 1.82) is 0 Å². The van der Waals surface area contributed by atoms with Crippen LogP contribution in [0.5, 0.6) is 0 Å². The lowest BCUT2D eigenvalue weighted by atomic mass is 10.1. The zero-order chi connectivity index (χ0) is 12.2. The maximum atomic E-state index is 4.31. The molecule has 1 N–H and O–H groups in total. The van der Waals surface area contributed by atoms with Gasteiger partial charge in [-0.2, -0.15) is 0 Å². The van der Waals surface area contributed by atoms with Crippen LogP contribution in [-0.2, 0) is 13.0 Å². The summed E-state index contributed by atoms with van der Waals surface area (Å²) in [4.78, 5) is 5.76. The van der Waals surface area contributed by atoms with Crippen molar-refractivity contribution in [3.05, 3.63) is 59.9 Å².